The van der Waals surface area contributed by atoms with Gasteiger partial charge in [0.1, 0.15) is 11.3 Å². The van der Waals surface area contributed by atoms with E-state index in [2.05, 4.69) is 30.6 Å². The van der Waals surface area contributed by atoms with E-state index in [0.29, 0.717) is 12.1 Å². The van der Waals surface area contributed by atoms with Crippen LogP contribution < -0.4 is 15.4 Å². The Morgan fingerprint density at radius 3 is 2.67 bits per heavy atom. The van der Waals surface area contributed by atoms with Gasteiger partial charge in [-0.2, -0.15) is 0 Å². The summed E-state index contributed by atoms with van der Waals surface area (Å²) in [5.74, 6) is 0.796. The smallest absolute Gasteiger partial charge is 0.316 e. The molecule has 0 spiro atoms. The summed E-state index contributed by atoms with van der Waals surface area (Å²) in [5.41, 5.74) is 3.35. The number of hydrogen-bond acceptors (Lipinski definition) is 7. The first-order chi connectivity index (χ1) is 11.8. The molecule has 24 heavy (non-hydrogen) atoms. The Balaban J connectivity index is 1.64. The molecular formula is C16H19N7O. The molecule has 1 fully saturated rings. The van der Waals surface area contributed by atoms with Crippen LogP contribution in [0.2, 0.25) is 0 Å². The average molecular weight is 325 g/mol. The monoisotopic (exact) mass is 325 g/mol. The maximum atomic E-state index is 5.00. The number of aromatic amines is 1. The fourth-order valence-corrected chi connectivity index (χ4v) is 2.92. The predicted molar refractivity (Wildman–Crippen MR) is 91.0 cm³/mol. The van der Waals surface area contributed by atoms with Crippen LogP contribution in [0.5, 0.6) is 6.01 Å². The fourth-order valence-electron chi connectivity index (χ4n) is 2.92. The molecule has 4 rings (SSSR count). The van der Waals surface area contributed by atoms with Crippen LogP contribution in [0.1, 0.15) is 12.8 Å². The molecule has 0 aliphatic carbocycles. The number of nitrogens with one attached hydrogen (secondary N) is 3. The van der Waals surface area contributed by atoms with Gasteiger partial charge in [0.15, 0.2) is 5.65 Å². The molecule has 0 saturated carbocycles. The van der Waals surface area contributed by atoms with Crippen LogP contribution in [0, 0.1) is 0 Å². The second kappa shape index (κ2) is 6.40. The molecule has 3 N–H and O–H groups in total. The Morgan fingerprint density at radius 2 is 1.92 bits per heavy atom. The molecule has 0 radical (unpaired) electrons. The maximum Gasteiger partial charge on any atom is 0.316 e. The highest BCUT2D eigenvalue weighted by Gasteiger charge is 2.15. The number of fused-ring (bicyclic) bond motifs is 1. The molecule has 124 valence electrons. The Hall–Kier alpha value is -2.74. The van der Waals surface area contributed by atoms with Crippen LogP contribution in [0.15, 0.2) is 24.8 Å². The lowest BCUT2D eigenvalue weighted by Gasteiger charge is -2.23. The summed E-state index contributed by atoms with van der Waals surface area (Å²) in [5, 5.41) is 6.84. The van der Waals surface area contributed by atoms with E-state index in [1.54, 1.807) is 25.7 Å². The standard InChI is InChI=1S/C16H19N7O/c1-24-16-20-6-10(7-21-16)12-8-18-15-14(12)23-13(9-19-15)22-11-2-4-17-5-3-11/h6-9,11,17H,2-5H2,1H3,(H,18,19)(H,22,23). The third kappa shape index (κ3) is 2.88. The summed E-state index contributed by atoms with van der Waals surface area (Å²) < 4.78 is 5.00. The van der Waals surface area contributed by atoms with Gasteiger partial charge in [-0.1, -0.05) is 0 Å². The van der Waals surface area contributed by atoms with E-state index in [1.807, 2.05) is 6.20 Å². The number of aromatic nitrogens is 5. The van der Waals surface area contributed by atoms with Gasteiger partial charge in [-0.25, -0.2) is 19.9 Å². The number of H-pyrrole nitrogens is 1. The van der Waals surface area contributed by atoms with Gasteiger partial charge in [0, 0.05) is 35.8 Å². The molecule has 0 aromatic carbocycles. The quantitative estimate of drug-likeness (QED) is 0.669. The topological polar surface area (TPSA) is 101 Å². The van der Waals surface area contributed by atoms with Crippen molar-refractivity contribution >= 4 is 17.0 Å². The van der Waals surface area contributed by atoms with Gasteiger partial charge < -0.3 is 20.4 Å². The highest BCUT2D eigenvalue weighted by molar-refractivity contribution is 5.90. The lowest BCUT2D eigenvalue weighted by atomic mass is 10.1. The third-order valence-electron chi connectivity index (χ3n) is 4.19. The van der Waals surface area contributed by atoms with E-state index >= 15 is 0 Å². The zero-order valence-corrected chi connectivity index (χ0v) is 13.4. The zero-order chi connectivity index (χ0) is 16.4. The van der Waals surface area contributed by atoms with Gasteiger partial charge in [0.05, 0.1) is 13.3 Å². The van der Waals surface area contributed by atoms with Crippen LogP contribution in [-0.2, 0) is 0 Å². The molecule has 3 aromatic rings. The first kappa shape index (κ1) is 14.8. The Bertz CT molecular complexity index is 824. The third-order valence-corrected chi connectivity index (χ3v) is 4.19. The lowest BCUT2D eigenvalue weighted by molar-refractivity contribution is 0.380. The molecule has 8 nitrogen and oxygen atoms in total. The second-order valence-corrected chi connectivity index (χ2v) is 5.78. The van der Waals surface area contributed by atoms with Crippen molar-refractivity contribution in [2.45, 2.75) is 18.9 Å². The zero-order valence-electron chi connectivity index (χ0n) is 13.4. The van der Waals surface area contributed by atoms with Crippen LogP contribution in [0.3, 0.4) is 0 Å². The van der Waals surface area contributed by atoms with E-state index in [0.717, 1.165) is 54.0 Å². The summed E-state index contributed by atoms with van der Waals surface area (Å²) in [4.78, 5) is 20.7. The van der Waals surface area contributed by atoms with Crippen molar-refractivity contribution in [2.24, 2.45) is 0 Å². The minimum absolute atomic E-state index is 0.345. The molecule has 0 amide bonds. The number of piperidine rings is 1. The van der Waals surface area contributed by atoms with Crippen LogP contribution >= 0.6 is 0 Å². The van der Waals surface area contributed by atoms with Crippen molar-refractivity contribution < 1.29 is 4.74 Å². The normalized spacial score (nSPS) is 15.5. The summed E-state index contributed by atoms with van der Waals surface area (Å²) in [6, 6.07) is 0.780. The van der Waals surface area contributed by atoms with E-state index in [4.69, 9.17) is 9.72 Å². The summed E-state index contributed by atoms with van der Waals surface area (Å²) in [6.45, 7) is 2.07. The van der Waals surface area contributed by atoms with E-state index < -0.39 is 0 Å². The minimum atomic E-state index is 0.345. The fraction of sp³-hybridized carbons (Fsp3) is 0.375. The number of nitrogens with zero attached hydrogens (tertiary/aromatic N) is 4. The minimum Gasteiger partial charge on any atom is -0.467 e. The van der Waals surface area contributed by atoms with E-state index in [1.165, 1.54) is 0 Å². The second-order valence-electron chi connectivity index (χ2n) is 5.78. The Labute approximate surface area is 139 Å². The first-order valence-electron chi connectivity index (χ1n) is 8.01. The number of anilines is 1. The van der Waals surface area contributed by atoms with Gasteiger partial charge in [0.25, 0.3) is 0 Å². The van der Waals surface area contributed by atoms with E-state index in [9.17, 15) is 0 Å². The van der Waals surface area contributed by atoms with Gasteiger partial charge >= 0.3 is 6.01 Å². The molecule has 1 aliphatic heterocycles. The van der Waals surface area contributed by atoms with Crippen LogP contribution in [0.4, 0.5) is 5.82 Å². The van der Waals surface area contributed by atoms with Crippen molar-refractivity contribution in [3.63, 3.8) is 0 Å². The van der Waals surface area contributed by atoms with Crippen molar-refractivity contribution in [3.05, 3.63) is 24.8 Å². The van der Waals surface area contributed by atoms with Gasteiger partial charge in [-0.05, 0) is 25.9 Å². The molecule has 3 aromatic heterocycles. The molecular weight excluding hydrogens is 306 g/mol. The number of rotatable bonds is 4. The number of hydrogen-bond donors (Lipinski definition) is 3. The van der Waals surface area contributed by atoms with Gasteiger partial charge in [0.2, 0.25) is 0 Å². The molecule has 1 aliphatic rings. The van der Waals surface area contributed by atoms with Crippen LogP contribution in [0.25, 0.3) is 22.3 Å². The van der Waals surface area contributed by atoms with Crippen molar-refractivity contribution in [2.75, 3.05) is 25.5 Å². The van der Waals surface area contributed by atoms with Crippen molar-refractivity contribution in [3.8, 4) is 17.1 Å². The van der Waals surface area contributed by atoms with Crippen molar-refractivity contribution in [1.82, 2.24) is 30.2 Å². The summed E-state index contributed by atoms with van der Waals surface area (Å²) in [7, 11) is 1.55. The molecule has 1 saturated heterocycles. The van der Waals surface area contributed by atoms with Gasteiger partial charge in [-0.15, -0.1) is 0 Å². The van der Waals surface area contributed by atoms with Crippen LogP contribution in [-0.4, -0.2) is 51.2 Å². The number of methoxy groups -OCH3 is 1. The molecule has 0 unspecified atom stereocenters. The Kier molecular flexibility index (Phi) is 3.96. The highest BCUT2D eigenvalue weighted by Crippen LogP contribution is 2.27. The summed E-state index contributed by atoms with van der Waals surface area (Å²) in [6.07, 6.45) is 9.28. The molecule has 0 bridgehead atoms. The highest BCUT2D eigenvalue weighted by atomic mass is 16.5. The van der Waals surface area contributed by atoms with Gasteiger partial charge in [-0.3, -0.25) is 0 Å². The SMILES string of the molecule is COc1ncc(-c2c[nH]c3ncc(NC4CCNCC4)nc23)cn1. The first-order valence-corrected chi connectivity index (χ1v) is 8.01. The molecule has 4 heterocycles. The predicted octanol–water partition coefficient (Wildman–Crippen LogP) is 1.59. The summed E-state index contributed by atoms with van der Waals surface area (Å²) >= 11 is 0. The lowest BCUT2D eigenvalue weighted by Crippen LogP contribution is -2.35. The number of ether oxygens (including phenoxy) is 1. The average Bonchev–Trinajstić information content (AvgIpc) is 3.06. The van der Waals surface area contributed by atoms with Crippen molar-refractivity contribution in [1.29, 1.82) is 0 Å². The molecule has 8 heteroatoms. The Morgan fingerprint density at radius 1 is 1.12 bits per heavy atom. The molecule has 0 atom stereocenters. The largest absolute Gasteiger partial charge is 0.467 e. The van der Waals surface area contributed by atoms with E-state index in [-0.39, 0.29) is 0 Å². The maximum absolute atomic E-state index is 5.00.